The number of nitrogens with one attached hydrogen (secondary N) is 1. The Morgan fingerprint density at radius 3 is 2.78 bits per heavy atom. The molecule has 0 aromatic carbocycles. The molecular weight excluding hydrogens is 316 g/mol. The van der Waals surface area contributed by atoms with Gasteiger partial charge in [-0.05, 0) is 25.7 Å². The van der Waals surface area contributed by atoms with Crippen molar-refractivity contribution in [3.05, 3.63) is 18.2 Å². The molecule has 1 atom stereocenters. The van der Waals surface area contributed by atoms with E-state index in [1.807, 2.05) is 24.1 Å². The first-order valence-electron chi connectivity index (χ1n) is 8.14. The minimum Gasteiger partial charge on any atom is -0.375 e. The number of sulfonamides is 1. The van der Waals surface area contributed by atoms with E-state index in [1.54, 1.807) is 0 Å². The second-order valence-electron chi connectivity index (χ2n) is 6.88. The van der Waals surface area contributed by atoms with Gasteiger partial charge in [-0.1, -0.05) is 0 Å². The average molecular weight is 342 g/mol. The normalized spacial score (nSPS) is 25.7. The van der Waals surface area contributed by atoms with Crippen molar-refractivity contribution in [3.8, 4) is 0 Å². The zero-order chi connectivity index (χ0) is 16.5. The van der Waals surface area contributed by atoms with E-state index in [4.69, 9.17) is 4.74 Å². The molecule has 2 saturated heterocycles. The molecule has 23 heavy (non-hydrogen) atoms. The first-order valence-corrected chi connectivity index (χ1v) is 10.0. The van der Waals surface area contributed by atoms with Gasteiger partial charge in [-0.2, -0.15) is 0 Å². The molecule has 1 spiro atoms. The summed E-state index contributed by atoms with van der Waals surface area (Å²) in [6.07, 6.45) is 8.40. The van der Waals surface area contributed by atoms with Gasteiger partial charge in [-0.25, -0.2) is 18.1 Å². The molecule has 8 heteroatoms. The van der Waals surface area contributed by atoms with Crippen molar-refractivity contribution >= 4 is 10.0 Å². The van der Waals surface area contributed by atoms with E-state index >= 15 is 0 Å². The van der Waals surface area contributed by atoms with Crippen LogP contribution in [0.3, 0.4) is 0 Å². The summed E-state index contributed by atoms with van der Waals surface area (Å²) in [6, 6.07) is 0.00220. The highest BCUT2D eigenvalue weighted by Crippen LogP contribution is 2.35. The van der Waals surface area contributed by atoms with Gasteiger partial charge in [0.15, 0.2) is 0 Å². The molecule has 130 valence electrons. The highest BCUT2D eigenvalue weighted by molar-refractivity contribution is 7.88. The number of likely N-dealkylation sites (tertiary alicyclic amines) is 1. The summed E-state index contributed by atoms with van der Waals surface area (Å²) in [5.74, 6) is 0. The van der Waals surface area contributed by atoms with Crippen LogP contribution in [0.2, 0.25) is 0 Å². The van der Waals surface area contributed by atoms with Crippen molar-refractivity contribution in [2.45, 2.75) is 43.9 Å². The molecule has 7 nitrogen and oxygen atoms in total. The second-order valence-corrected chi connectivity index (χ2v) is 8.66. The number of rotatable bonds is 4. The largest absolute Gasteiger partial charge is 0.375 e. The lowest BCUT2D eigenvalue weighted by Crippen LogP contribution is -2.53. The van der Waals surface area contributed by atoms with Crippen molar-refractivity contribution in [1.29, 1.82) is 0 Å². The number of hydrogen-bond acceptors (Lipinski definition) is 5. The molecular formula is C15H26N4O3S. The fourth-order valence-electron chi connectivity index (χ4n) is 3.66. The lowest BCUT2D eigenvalue weighted by molar-refractivity contribution is -0.118. The number of ether oxygens (including phenoxy) is 1. The lowest BCUT2D eigenvalue weighted by Gasteiger charge is -2.46. The third-order valence-corrected chi connectivity index (χ3v) is 5.70. The van der Waals surface area contributed by atoms with Crippen molar-refractivity contribution in [2.75, 3.05) is 26.0 Å². The zero-order valence-electron chi connectivity index (χ0n) is 13.9. The van der Waals surface area contributed by atoms with Gasteiger partial charge in [-0.15, -0.1) is 0 Å². The smallest absolute Gasteiger partial charge is 0.208 e. The molecule has 0 amide bonds. The molecule has 0 aliphatic carbocycles. The van der Waals surface area contributed by atoms with Crippen LogP contribution in [-0.2, 0) is 28.4 Å². The Balaban J connectivity index is 1.56. The average Bonchev–Trinajstić information content (AvgIpc) is 2.85. The van der Waals surface area contributed by atoms with Crippen molar-refractivity contribution in [2.24, 2.45) is 7.05 Å². The van der Waals surface area contributed by atoms with Crippen LogP contribution in [0, 0.1) is 0 Å². The van der Waals surface area contributed by atoms with Gasteiger partial charge in [0.1, 0.15) is 0 Å². The van der Waals surface area contributed by atoms with E-state index in [0.29, 0.717) is 6.61 Å². The minimum absolute atomic E-state index is 0.00220. The summed E-state index contributed by atoms with van der Waals surface area (Å²) >= 11 is 0. The highest BCUT2D eigenvalue weighted by Gasteiger charge is 2.40. The number of aryl methyl sites for hydroxylation is 1. The summed E-state index contributed by atoms with van der Waals surface area (Å²) < 4.78 is 33.8. The van der Waals surface area contributed by atoms with Gasteiger partial charge in [0, 0.05) is 45.5 Å². The maximum atomic E-state index is 11.5. The Bertz CT molecular complexity index is 635. The number of nitrogens with zero attached hydrogens (tertiary/aromatic N) is 3. The van der Waals surface area contributed by atoms with Crippen LogP contribution < -0.4 is 4.72 Å². The van der Waals surface area contributed by atoms with Crippen LogP contribution in [0.25, 0.3) is 0 Å². The molecule has 2 fully saturated rings. The number of imidazole rings is 1. The maximum Gasteiger partial charge on any atom is 0.208 e. The fraction of sp³-hybridized carbons (Fsp3) is 0.800. The van der Waals surface area contributed by atoms with E-state index in [0.717, 1.165) is 45.3 Å². The minimum atomic E-state index is -3.15. The molecule has 3 heterocycles. The van der Waals surface area contributed by atoms with Crippen molar-refractivity contribution in [1.82, 2.24) is 19.2 Å². The molecule has 0 saturated carbocycles. The summed E-state index contributed by atoms with van der Waals surface area (Å²) in [6.45, 7) is 3.47. The van der Waals surface area contributed by atoms with Gasteiger partial charge in [0.2, 0.25) is 10.0 Å². The SMILES string of the molecule is Cn1cncc1CN1CCC2(CC1)C[C@@H](NS(C)(=O)=O)CCO2. The summed E-state index contributed by atoms with van der Waals surface area (Å²) in [5, 5.41) is 0. The molecule has 1 aromatic rings. The van der Waals surface area contributed by atoms with Gasteiger partial charge in [0.05, 0.1) is 23.9 Å². The summed E-state index contributed by atoms with van der Waals surface area (Å²) in [7, 11) is -1.14. The van der Waals surface area contributed by atoms with Crippen LogP contribution in [0.1, 0.15) is 31.4 Å². The molecule has 0 radical (unpaired) electrons. The first-order chi connectivity index (χ1) is 10.9. The van der Waals surface area contributed by atoms with Crippen LogP contribution in [0.15, 0.2) is 12.5 Å². The molecule has 0 bridgehead atoms. The third kappa shape index (κ3) is 4.32. The monoisotopic (exact) mass is 342 g/mol. The fourth-order valence-corrected chi connectivity index (χ4v) is 4.47. The molecule has 3 rings (SSSR count). The summed E-state index contributed by atoms with van der Waals surface area (Å²) in [5.41, 5.74) is 1.05. The molecule has 0 unspecified atom stereocenters. The van der Waals surface area contributed by atoms with Crippen LogP contribution in [0.5, 0.6) is 0 Å². The quantitative estimate of drug-likeness (QED) is 0.861. The van der Waals surface area contributed by atoms with E-state index in [-0.39, 0.29) is 11.6 Å². The third-order valence-electron chi connectivity index (χ3n) is 4.94. The van der Waals surface area contributed by atoms with Gasteiger partial charge >= 0.3 is 0 Å². The Morgan fingerprint density at radius 1 is 1.43 bits per heavy atom. The molecule has 1 N–H and O–H groups in total. The van der Waals surface area contributed by atoms with E-state index in [9.17, 15) is 8.42 Å². The van der Waals surface area contributed by atoms with Crippen molar-refractivity contribution < 1.29 is 13.2 Å². The lowest BCUT2D eigenvalue weighted by atomic mass is 9.82. The standard InChI is InChI=1S/C15H26N4O3S/c1-18-12-16-10-14(18)11-19-6-4-15(5-7-19)9-13(3-8-22-15)17-23(2,20)21/h10,12-13,17H,3-9,11H2,1-2H3/t13-/m0/s1. The summed E-state index contributed by atoms with van der Waals surface area (Å²) in [4.78, 5) is 6.58. The highest BCUT2D eigenvalue weighted by atomic mass is 32.2. The van der Waals surface area contributed by atoms with Crippen LogP contribution in [-0.4, -0.2) is 60.5 Å². The Hall–Kier alpha value is -0.960. The predicted octanol–water partition coefficient (Wildman–Crippen LogP) is 0.483. The van der Waals surface area contributed by atoms with E-state index in [1.165, 1.54) is 11.9 Å². The Kier molecular flexibility index (Phi) is 4.78. The maximum absolute atomic E-state index is 11.5. The number of aromatic nitrogens is 2. The van der Waals surface area contributed by atoms with Gasteiger partial charge < -0.3 is 9.30 Å². The molecule has 1 aromatic heterocycles. The Labute approximate surface area is 138 Å². The Morgan fingerprint density at radius 2 is 2.17 bits per heavy atom. The number of piperidine rings is 1. The van der Waals surface area contributed by atoms with E-state index < -0.39 is 10.0 Å². The predicted molar refractivity (Wildman–Crippen MR) is 87.4 cm³/mol. The topological polar surface area (TPSA) is 76.5 Å². The number of hydrogen-bond donors (Lipinski definition) is 1. The van der Waals surface area contributed by atoms with Crippen LogP contribution >= 0.6 is 0 Å². The zero-order valence-corrected chi connectivity index (χ0v) is 14.7. The van der Waals surface area contributed by atoms with Crippen LogP contribution in [0.4, 0.5) is 0 Å². The van der Waals surface area contributed by atoms with Crippen molar-refractivity contribution in [3.63, 3.8) is 0 Å². The van der Waals surface area contributed by atoms with Gasteiger partial charge in [0.25, 0.3) is 0 Å². The first kappa shape index (κ1) is 16.9. The van der Waals surface area contributed by atoms with Gasteiger partial charge in [-0.3, -0.25) is 4.90 Å². The molecule has 2 aliphatic rings. The van der Waals surface area contributed by atoms with E-state index in [2.05, 4.69) is 14.6 Å². The second kappa shape index (κ2) is 6.51. The molecule has 2 aliphatic heterocycles.